The monoisotopic (exact) mass is 311 g/mol. The molecular formula is C13H14BrNO3. The number of rotatable bonds is 2. The van der Waals surface area contributed by atoms with Crippen molar-refractivity contribution in [2.75, 3.05) is 24.7 Å². The Morgan fingerprint density at radius 2 is 2.11 bits per heavy atom. The predicted molar refractivity (Wildman–Crippen MR) is 70.4 cm³/mol. The second-order valence-electron chi connectivity index (χ2n) is 4.87. The summed E-state index contributed by atoms with van der Waals surface area (Å²) in [6.45, 7) is 1.39. The first kappa shape index (κ1) is 12.1. The fraction of sp³-hybridized carbons (Fsp3) is 0.462. The van der Waals surface area contributed by atoms with Gasteiger partial charge >= 0.3 is 0 Å². The van der Waals surface area contributed by atoms with Crippen molar-refractivity contribution in [1.29, 1.82) is 0 Å². The number of aliphatic hydroxyl groups is 1. The van der Waals surface area contributed by atoms with Gasteiger partial charge in [-0.25, -0.2) is 0 Å². The molecule has 2 aliphatic rings. The summed E-state index contributed by atoms with van der Waals surface area (Å²) < 4.78 is 5.94. The van der Waals surface area contributed by atoms with Crippen molar-refractivity contribution in [3.8, 4) is 0 Å². The van der Waals surface area contributed by atoms with Crippen LogP contribution in [0.4, 0.5) is 5.69 Å². The fourth-order valence-electron chi connectivity index (χ4n) is 2.38. The van der Waals surface area contributed by atoms with E-state index in [2.05, 4.69) is 15.9 Å². The van der Waals surface area contributed by atoms with Crippen molar-refractivity contribution in [3.63, 3.8) is 0 Å². The zero-order valence-corrected chi connectivity index (χ0v) is 11.4. The lowest BCUT2D eigenvalue weighted by Gasteiger charge is -2.37. The summed E-state index contributed by atoms with van der Waals surface area (Å²) in [5.41, 5.74) is 0.751. The summed E-state index contributed by atoms with van der Waals surface area (Å²) in [6.07, 6.45) is 1.50. The summed E-state index contributed by atoms with van der Waals surface area (Å²) in [4.78, 5) is 13.5. The quantitative estimate of drug-likeness (QED) is 0.906. The maximum absolute atomic E-state index is 11.8. The Morgan fingerprint density at radius 3 is 2.67 bits per heavy atom. The molecule has 2 saturated heterocycles. The lowest BCUT2D eigenvalue weighted by molar-refractivity contribution is -0.184. The molecule has 96 valence electrons. The maximum Gasteiger partial charge on any atom is 0.227 e. The minimum atomic E-state index is -0.901. The van der Waals surface area contributed by atoms with E-state index in [-0.39, 0.29) is 5.91 Å². The van der Waals surface area contributed by atoms with Gasteiger partial charge in [-0.2, -0.15) is 0 Å². The predicted octanol–water partition coefficient (Wildman–Crippen LogP) is 1.79. The molecule has 0 aromatic heterocycles. The minimum Gasteiger partial charge on any atom is -0.380 e. The Balaban J connectivity index is 1.98. The summed E-state index contributed by atoms with van der Waals surface area (Å²) in [7, 11) is 0. The van der Waals surface area contributed by atoms with E-state index in [0.717, 1.165) is 28.7 Å². The molecule has 1 N–H and O–H groups in total. The standard InChI is InChI=1S/C13H14BrNO3/c14-10-4-9(13(17)7-18-8-13)5-11(6-10)15-3-1-2-12(15)16/h4-6,17H,1-3,7-8H2. The molecule has 2 fully saturated rings. The Labute approximate surface area is 114 Å². The Morgan fingerprint density at radius 1 is 1.33 bits per heavy atom. The molecule has 1 aromatic rings. The number of benzene rings is 1. The molecule has 0 unspecified atom stereocenters. The molecular weight excluding hydrogens is 298 g/mol. The van der Waals surface area contributed by atoms with E-state index < -0.39 is 5.60 Å². The largest absolute Gasteiger partial charge is 0.380 e. The van der Waals surface area contributed by atoms with Crippen LogP contribution in [0.15, 0.2) is 22.7 Å². The van der Waals surface area contributed by atoms with Gasteiger partial charge in [-0.15, -0.1) is 0 Å². The van der Waals surface area contributed by atoms with E-state index in [4.69, 9.17) is 4.74 Å². The summed E-state index contributed by atoms with van der Waals surface area (Å²) in [5, 5.41) is 10.3. The molecule has 2 aliphatic heterocycles. The smallest absolute Gasteiger partial charge is 0.227 e. The average Bonchev–Trinajstić information content (AvgIpc) is 2.71. The van der Waals surface area contributed by atoms with Gasteiger partial charge < -0.3 is 14.7 Å². The normalized spacial score (nSPS) is 22.1. The third-order valence-electron chi connectivity index (χ3n) is 3.49. The number of amides is 1. The second-order valence-corrected chi connectivity index (χ2v) is 5.79. The van der Waals surface area contributed by atoms with Gasteiger partial charge in [0.1, 0.15) is 5.60 Å². The van der Waals surface area contributed by atoms with Crippen LogP contribution < -0.4 is 4.90 Å². The average molecular weight is 312 g/mol. The molecule has 1 amide bonds. The van der Waals surface area contributed by atoms with Crippen LogP contribution in [0.3, 0.4) is 0 Å². The molecule has 5 heteroatoms. The maximum atomic E-state index is 11.8. The zero-order chi connectivity index (χ0) is 12.8. The van der Waals surface area contributed by atoms with Gasteiger partial charge in [0.25, 0.3) is 0 Å². The van der Waals surface area contributed by atoms with Crippen LogP contribution >= 0.6 is 15.9 Å². The number of hydrogen-bond acceptors (Lipinski definition) is 3. The van der Waals surface area contributed by atoms with Crippen molar-refractivity contribution in [3.05, 3.63) is 28.2 Å². The lowest BCUT2D eigenvalue weighted by Crippen LogP contribution is -2.46. The third-order valence-corrected chi connectivity index (χ3v) is 3.94. The van der Waals surface area contributed by atoms with Gasteiger partial charge in [0.2, 0.25) is 5.91 Å². The fourth-order valence-corrected chi connectivity index (χ4v) is 2.86. The van der Waals surface area contributed by atoms with E-state index in [1.54, 1.807) is 4.90 Å². The SMILES string of the molecule is O=C1CCCN1c1cc(Br)cc(C2(O)COC2)c1. The first-order valence-electron chi connectivity index (χ1n) is 6.00. The Kier molecular flexibility index (Phi) is 2.92. The summed E-state index contributed by atoms with van der Waals surface area (Å²) in [5.74, 6) is 0.149. The van der Waals surface area contributed by atoms with Gasteiger partial charge in [0.05, 0.1) is 13.2 Å². The molecule has 0 radical (unpaired) electrons. The highest BCUT2D eigenvalue weighted by Crippen LogP contribution is 2.35. The van der Waals surface area contributed by atoms with Gasteiger partial charge in [0.15, 0.2) is 0 Å². The van der Waals surface area contributed by atoms with E-state index in [1.807, 2.05) is 18.2 Å². The highest BCUT2D eigenvalue weighted by atomic mass is 79.9. The van der Waals surface area contributed by atoms with Crippen LogP contribution in [0.5, 0.6) is 0 Å². The van der Waals surface area contributed by atoms with Crippen LogP contribution in [-0.2, 0) is 15.1 Å². The van der Waals surface area contributed by atoms with Crippen LogP contribution in [-0.4, -0.2) is 30.8 Å². The third kappa shape index (κ3) is 1.96. The molecule has 1 aromatic carbocycles. The van der Waals surface area contributed by atoms with Crippen molar-refractivity contribution in [1.82, 2.24) is 0 Å². The number of halogens is 1. The van der Waals surface area contributed by atoms with E-state index in [0.29, 0.717) is 19.6 Å². The van der Waals surface area contributed by atoms with Crippen LogP contribution in [0, 0.1) is 0 Å². The van der Waals surface area contributed by atoms with E-state index in [1.165, 1.54) is 0 Å². The van der Waals surface area contributed by atoms with Crippen molar-refractivity contribution >= 4 is 27.5 Å². The Hall–Kier alpha value is -0.910. The molecule has 18 heavy (non-hydrogen) atoms. The molecule has 0 aliphatic carbocycles. The second kappa shape index (κ2) is 4.33. The van der Waals surface area contributed by atoms with Crippen LogP contribution in [0.1, 0.15) is 18.4 Å². The lowest BCUT2D eigenvalue weighted by atomic mass is 9.92. The van der Waals surface area contributed by atoms with Gasteiger partial charge in [-0.3, -0.25) is 4.79 Å². The summed E-state index contributed by atoms with van der Waals surface area (Å²) >= 11 is 3.44. The zero-order valence-electron chi connectivity index (χ0n) is 9.86. The van der Waals surface area contributed by atoms with Gasteiger partial charge in [-0.1, -0.05) is 15.9 Å². The van der Waals surface area contributed by atoms with Crippen molar-refractivity contribution < 1.29 is 14.6 Å². The molecule has 3 rings (SSSR count). The van der Waals surface area contributed by atoms with E-state index in [9.17, 15) is 9.90 Å². The van der Waals surface area contributed by atoms with Crippen molar-refractivity contribution in [2.24, 2.45) is 0 Å². The van der Waals surface area contributed by atoms with E-state index >= 15 is 0 Å². The number of hydrogen-bond donors (Lipinski definition) is 1. The number of nitrogens with zero attached hydrogens (tertiary/aromatic N) is 1. The first-order valence-corrected chi connectivity index (χ1v) is 6.79. The highest BCUT2D eigenvalue weighted by molar-refractivity contribution is 9.10. The van der Waals surface area contributed by atoms with Crippen molar-refractivity contribution in [2.45, 2.75) is 18.4 Å². The first-order chi connectivity index (χ1) is 8.58. The molecule has 0 spiro atoms. The van der Waals surface area contributed by atoms with Gasteiger partial charge in [-0.05, 0) is 30.2 Å². The number of ether oxygens (including phenoxy) is 1. The highest BCUT2D eigenvalue weighted by Gasteiger charge is 2.38. The van der Waals surface area contributed by atoms with Crippen LogP contribution in [0.2, 0.25) is 0 Å². The molecule has 2 heterocycles. The summed E-state index contributed by atoms with van der Waals surface area (Å²) in [6, 6.07) is 5.68. The minimum absolute atomic E-state index is 0.149. The molecule has 4 nitrogen and oxygen atoms in total. The van der Waals surface area contributed by atoms with Gasteiger partial charge in [0, 0.05) is 23.1 Å². The van der Waals surface area contributed by atoms with Crippen LogP contribution in [0.25, 0.3) is 0 Å². The Bertz CT molecular complexity index is 499. The number of anilines is 1. The number of carbonyl (C=O) groups excluding carboxylic acids is 1. The number of carbonyl (C=O) groups is 1. The molecule has 0 atom stereocenters. The molecule has 0 bridgehead atoms. The topological polar surface area (TPSA) is 49.8 Å². The molecule has 0 saturated carbocycles.